The van der Waals surface area contributed by atoms with E-state index in [1.54, 1.807) is 4.52 Å². The normalized spacial score (nSPS) is 11.2. The van der Waals surface area contributed by atoms with Crippen LogP contribution >= 0.6 is 27.3 Å². The van der Waals surface area contributed by atoms with Gasteiger partial charge < -0.3 is 5.73 Å². The Kier molecular flexibility index (Phi) is 3.35. The molecule has 4 aromatic rings. The number of hydrogen-bond donors (Lipinski definition) is 1. The van der Waals surface area contributed by atoms with Crippen molar-refractivity contribution in [1.82, 2.24) is 24.8 Å². The number of benzene rings is 1. The molecule has 0 radical (unpaired) electrons. The Morgan fingerprint density at radius 3 is 2.74 bits per heavy atom. The molecule has 6 nitrogen and oxygen atoms in total. The lowest BCUT2D eigenvalue weighted by atomic mass is 10.2. The summed E-state index contributed by atoms with van der Waals surface area (Å²) in [4.78, 5) is 4.63. The van der Waals surface area contributed by atoms with E-state index in [4.69, 9.17) is 5.73 Å². The van der Waals surface area contributed by atoms with Crippen molar-refractivity contribution in [1.29, 1.82) is 0 Å². The van der Waals surface area contributed by atoms with Gasteiger partial charge in [-0.05, 0) is 19.1 Å². The zero-order valence-electron chi connectivity index (χ0n) is 12.1. The average Bonchev–Trinajstić information content (AvgIpc) is 3.15. The molecule has 0 aliphatic carbocycles. The highest BCUT2D eigenvalue weighted by Crippen LogP contribution is 2.31. The van der Waals surface area contributed by atoms with Gasteiger partial charge in [-0.2, -0.15) is 9.61 Å². The number of halogens is 1. The van der Waals surface area contributed by atoms with E-state index in [0.717, 1.165) is 26.4 Å². The van der Waals surface area contributed by atoms with Crippen molar-refractivity contribution in [3.05, 3.63) is 45.9 Å². The van der Waals surface area contributed by atoms with E-state index >= 15 is 0 Å². The fourth-order valence-electron chi connectivity index (χ4n) is 2.28. The van der Waals surface area contributed by atoms with Crippen LogP contribution in [0.2, 0.25) is 0 Å². The molecule has 0 saturated heterocycles. The molecule has 114 valence electrons. The van der Waals surface area contributed by atoms with Gasteiger partial charge in [0.05, 0.1) is 11.4 Å². The van der Waals surface area contributed by atoms with Gasteiger partial charge in [0.1, 0.15) is 5.01 Å². The van der Waals surface area contributed by atoms with Gasteiger partial charge in [0.2, 0.25) is 0 Å². The second-order valence-electron chi connectivity index (χ2n) is 5.03. The fraction of sp³-hybridized carbons (Fsp3) is 0.0667. The zero-order valence-corrected chi connectivity index (χ0v) is 14.5. The summed E-state index contributed by atoms with van der Waals surface area (Å²) in [5.74, 6) is 0.444. The van der Waals surface area contributed by atoms with Crippen molar-refractivity contribution in [3.8, 4) is 22.0 Å². The van der Waals surface area contributed by atoms with E-state index in [9.17, 15) is 0 Å². The molecule has 0 aliphatic heterocycles. The second kappa shape index (κ2) is 5.39. The Balaban J connectivity index is 1.79. The van der Waals surface area contributed by atoms with Gasteiger partial charge in [0.15, 0.2) is 17.2 Å². The highest BCUT2D eigenvalue weighted by molar-refractivity contribution is 9.10. The fourth-order valence-corrected chi connectivity index (χ4v) is 3.36. The van der Waals surface area contributed by atoms with Crippen LogP contribution in [0.25, 0.3) is 27.6 Å². The number of hydrogen-bond acceptors (Lipinski definition) is 6. The predicted octanol–water partition coefficient (Wildman–Crippen LogP) is 3.57. The van der Waals surface area contributed by atoms with Gasteiger partial charge in [-0.3, -0.25) is 0 Å². The molecule has 1 aromatic carbocycles. The molecule has 2 N–H and O–H groups in total. The molecule has 4 rings (SSSR count). The first-order valence-corrected chi connectivity index (χ1v) is 8.49. The summed E-state index contributed by atoms with van der Waals surface area (Å²) < 4.78 is 2.63. The summed E-state index contributed by atoms with van der Waals surface area (Å²) in [5, 5.41) is 15.4. The number of anilines is 1. The van der Waals surface area contributed by atoms with Gasteiger partial charge in [-0.15, -0.1) is 21.5 Å². The van der Waals surface area contributed by atoms with Crippen LogP contribution in [0.15, 0.2) is 40.2 Å². The molecule has 23 heavy (non-hydrogen) atoms. The highest BCUT2D eigenvalue weighted by atomic mass is 79.9. The number of nitrogen functional groups attached to an aromatic ring is 1. The third kappa shape index (κ3) is 2.49. The molecule has 0 spiro atoms. The summed E-state index contributed by atoms with van der Waals surface area (Å²) in [6.07, 6.45) is 0. The SMILES string of the molecule is Cc1cc2nnc(-c3nc(-c4ccc(Br)cc4)cs3)c(N)n2n1. The first-order chi connectivity index (χ1) is 11.1. The Bertz CT molecular complexity index is 1000. The lowest BCUT2D eigenvalue weighted by Crippen LogP contribution is -2.05. The zero-order chi connectivity index (χ0) is 16.0. The van der Waals surface area contributed by atoms with Gasteiger partial charge in [0, 0.05) is 21.5 Å². The van der Waals surface area contributed by atoms with Crippen molar-refractivity contribution in [2.24, 2.45) is 0 Å². The average molecular weight is 387 g/mol. The third-order valence-corrected chi connectivity index (χ3v) is 4.76. The third-order valence-electron chi connectivity index (χ3n) is 3.38. The first kappa shape index (κ1) is 14.3. The summed E-state index contributed by atoms with van der Waals surface area (Å²) in [7, 11) is 0. The summed E-state index contributed by atoms with van der Waals surface area (Å²) in [6, 6.07) is 9.83. The molecule has 3 aromatic heterocycles. The molecular formula is C15H11BrN6S. The van der Waals surface area contributed by atoms with E-state index < -0.39 is 0 Å². The van der Waals surface area contributed by atoms with E-state index in [1.807, 2.05) is 42.6 Å². The molecule has 0 bridgehead atoms. The maximum atomic E-state index is 6.19. The number of fused-ring (bicyclic) bond motifs is 1. The molecule has 0 saturated carbocycles. The van der Waals surface area contributed by atoms with Crippen molar-refractivity contribution in [2.45, 2.75) is 6.92 Å². The lowest BCUT2D eigenvalue weighted by molar-refractivity contribution is 0.892. The Morgan fingerprint density at radius 1 is 1.17 bits per heavy atom. The number of rotatable bonds is 2. The van der Waals surface area contributed by atoms with E-state index in [-0.39, 0.29) is 0 Å². The number of nitrogens with two attached hydrogens (primary N) is 1. The van der Waals surface area contributed by atoms with Gasteiger partial charge >= 0.3 is 0 Å². The van der Waals surface area contributed by atoms with Crippen LogP contribution in [-0.2, 0) is 0 Å². The minimum Gasteiger partial charge on any atom is -0.382 e. The summed E-state index contributed by atoms with van der Waals surface area (Å²) in [6.45, 7) is 1.89. The molecule has 8 heteroatoms. The van der Waals surface area contributed by atoms with Crippen LogP contribution in [0.3, 0.4) is 0 Å². The molecule has 0 aliphatic rings. The van der Waals surface area contributed by atoms with Crippen LogP contribution < -0.4 is 5.73 Å². The smallest absolute Gasteiger partial charge is 0.179 e. The molecular weight excluding hydrogens is 376 g/mol. The van der Waals surface area contributed by atoms with E-state index in [1.165, 1.54) is 11.3 Å². The van der Waals surface area contributed by atoms with Crippen molar-refractivity contribution in [2.75, 3.05) is 5.73 Å². The molecule has 0 amide bonds. The largest absolute Gasteiger partial charge is 0.382 e. The number of nitrogens with zero attached hydrogens (tertiary/aromatic N) is 5. The van der Waals surface area contributed by atoms with Crippen molar-refractivity contribution in [3.63, 3.8) is 0 Å². The van der Waals surface area contributed by atoms with Crippen LogP contribution in [0.1, 0.15) is 5.69 Å². The number of aromatic nitrogens is 5. The lowest BCUT2D eigenvalue weighted by Gasteiger charge is -2.02. The van der Waals surface area contributed by atoms with E-state index in [2.05, 4.69) is 36.2 Å². The molecule has 0 unspecified atom stereocenters. The number of aryl methyl sites for hydroxylation is 1. The van der Waals surface area contributed by atoms with Crippen LogP contribution in [0, 0.1) is 6.92 Å². The second-order valence-corrected chi connectivity index (χ2v) is 6.81. The maximum Gasteiger partial charge on any atom is 0.179 e. The minimum atomic E-state index is 0.444. The molecule has 0 fully saturated rings. The highest BCUT2D eigenvalue weighted by Gasteiger charge is 2.15. The quantitative estimate of drug-likeness (QED) is 0.569. The number of thiazole rings is 1. The van der Waals surface area contributed by atoms with Gasteiger partial charge in [-0.1, -0.05) is 28.1 Å². The maximum absolute atomic E-state index is 6.19. The van der Waals surface area contributed by atoms with Crippen LogP contribution in [-0.4, -0.2) is 24.8 Å². The standard InChI is InChI=1S/C15H11BrN6S/c1-8-6-12-19-20-13(14(17)22(12)21-8)15-18-11(7-23-15)9-2-4-10(16)5-3-9/h2-7H,17H2,1H3. The Morgan fingerprint density at radius 2 is 1.96 bits per heavy atom. The van der Waals surface area contributed by atoms with E-state index in [0.29, 0.717) is 17.2 Å². The molecule has 3 heterocycles. The van der Waals surface area contributed by atoms with Crippen LogP contribution in [0.5, 0.6) is 0 Å². The van der Waals surface area contributed by atoms with Crippen LogP contribution in [0.4, 0.5) is 5.82 Å². The molecule has 0 atom stereocenters. The Labute approximate surface area is 144 Å². The Hall–Kier alpha value is -2.32. The van der Waals surface area contributed by atoms with Gasteiger partial charge in [-0.25, -0.2) is 4.98 Å². The van der Waals surface area contributed by atoms with Gasteiger partial charge in [0.25, 0.3) is 0 Å². The van der Waals surface area contributed by atoms with Crippen molar-refractivity contribution >= 4 is 38.7 Å². The summed E-state index contributed by atoms with van der Waals surface area (Å²) in [5.41, 5.74) is 10.1. The monoisotopic (exact) mass is 386 g/mol. The van der Waals surface area contributed by atoms with Crippen molar-refractivity contribution < 1.29 is 0 Å². The summed E-state index contributed by atoms with van der Waals surface area (Å²) >= 11 is 4.92. The minimum absolute atomic E-state index is 0.444. The predicted molar refractivity (Wildman–Crippen MR) is 94.2 cm³/mol. The first-order valence-electron chi connectivity index (χ1n) is 6.82. The topological polar surface area (TPSA) is 82.0 Å².